The summed E-state index contributed by atoms with van der Waals surface area (Å²) in [5.74, 6) is 0.877. The Labute approximate surface area is 197 Å². The molecule has 0 radical (unpaired) electrons. The molecule has 9 heteroatoms. The van der Waals surface area contributed by atoms with Crippen LogP contribution in [0, 0.1) is 13.8 Å². The van der Waals surface area contributed by atoms with Gasteiger partial charge in [0.25, 0.3) is 5.91 Å². The number of primary amides is 1. The number of carbonyl (C=O) groups excluding carboxylic acids is 1. The van der Waals surface area contributed by atoms with Gasteiger partial charge < -0.3 is 15.8 Å². The van der Waals surface area contributed by atoms with Crippen molar-refractivity contribution < 1.29 is 9.53 Å². The quantitative estimate of drug-likeness (QED) is 0.362. The van der Waals surface area contributed by atoms with E-state index >= 15 is 0 Å². The fourth-order valence-electron chi connectivity index (χ4n) is 3.90. The first-order valence-electron chi connectivity index (χ1n) is 10.7. The summed E-state index contributed by atoms with van der Waals surface area (Å²) in [6, 6.07) is 15.5. The summed E-state index contributed by atoms with van der Waals surface area (Å²) >= 11 is 0. The van der Waals surface area contributed by atoms with Crippen molar-refractivity contribution in [1.29, 1.82) is 0 Å². The van der Waals surface area contributed by atoms with Gasteiger partial charge in [-0.3, -0.25) is 4.79 Å². The zero-order chi connectivity index (χ0) is 23.8. The summed E-state index contributed by atoms with van der Waals surface area (Å²) in [6.07, 6.45) is 3.48. The molecule has 8 nitrogen and oxygen atoms in total. The second-order valence-electron chi connectivity index (χ2n) is 7.92. The summed E-state index contributed by atoms with van der Waals surface area (Å²) in [7, 11) is 1.96. The van der Waals surface area contributed by atoms with Crippen LogP contribution in [-0.4, -0.2) is 32.8 Å². The zero-order valence-corrected chi connectivity index (χ0v) is 20.0. The average molecular weight is 470 g/mol. The number of nitrogens with one attached hydrogen (secondary N) is 1. The minimum atomic E-state index is -0.359. The predicted molar refractivity (Wildman–Crippen MR) is 136 cm³/mol. The van der Waals surface area contributed by atoms with Crippen LogP contribution in [0.1, 0.15) is 20.9 Å². The molecule has 0 spiro atoms. The number of hydrogen-bond donors (Lipinski definition) is 2. The molecule has 1 unspecified atom stereocenters. The van der Waals surface area contributed by atoms with Crippen LogP contribution in [0.5, 0.6) is 5.75 Å². The lowest BCUT2D eigenvalue weighted by Gasteiger charge is -2.09. The minimum Gasteiger partial charge on any atom is -0.497 e. The first-order valence-corrected chi connectivity index (χ1v) is 11.7. The third-order valence-corrected chi connectivity index (χ3v) is 7.30. The van der Waals surface area contributed by atoms with Crippen LogP contribution < -0.4 is 15.8 Å². The predicted octanol–water partition coefficient (Wildman–Crippen LogP) is 4.98. The Morgan fingerprint density at radius 1 is 1.06 bits per heavy atom. The Hall–Kier alpha value is -4.16. The van der Waals surface area contributed by atoms with Gasteiger partial charge in [-0.2, -0.15) is 10.1 Å². The van der Waals surface area contributed by atoms with Gasteiger partial charge in [-0.15, -0.1) is 8.19 Å². The molecular formula is C25H23N6O2P. The van der Waals surface area contributed by atoms with Crippen LogP contribution in [0.3, 0.4) is 0 Å². The number of carbonyl (C=O) groups is 1. The van der Waals surface area contributed by atoms with E-state index in [1.807, 2.05) is 62.4 Å². The number of rotatable bonds is 6. The number of methoxy groups -OCH3 is 1. The van der Waals surface area contributed by atoms with Gasteiger partial charge in [0.15, 0.2) is 5.65 Å². The lowest BCUT2D eigenvalue weighted by Crippen LogP contribution is -2.09. The SMILES string of the molecule is COc1ccc(-n2ncc3cnc(Nc4ccc(-c5c(C(N)=O)[pH]c(C)c5C)cc4)nc32)cc1. The van der Waals surface area contributed by atoms with E-state index < -0.39 is 0 Å². The van der Waals surface area contributed by atoms with E-state index in [-0.39, 0.29) is 5.91 Å². The monoisotopic (exact) mass is 470 g/mol. The molecule has 0 bridgehead atoms. The number of aromatic nitrogens is 4. The second-order valence-corrected chi connectivity index (χ2v) is 9.42. The Morgan fingerprint density at radius 2 is 1.79 bits per heavy atom. The minimum absolute atomic E-state index is 0.328. The molecule has 0 saturated heterocycles. The normalized spacial score (nSPS) is 11.3. The Balaban J connectivity index is 1.43. The molecule has 3 N–H and O–H groups in total. The number of anilines is 2. The number of aryl methyl sites for hydroxylation is 1. The number of nitrogens with two attached hydrogens (primary N) is 1. The lowest BCUT2D eigenvalue weighted by molar-refractivity contribution is 0.100. The highest BCUT2D eigenvalue weighted by molar-refractivity contribution is 7.34. The van der Waals surface area contributed by atoms with Crippen LogP contribution in [0.4, 0.5) is 11.6 Å². The van der Waals surface area contributed by atoms with Crippen molar-refractivity contribution in [3.63, 3.8) is 0 Å². The maximum atomic E-state index is 11.9. The molecule has 1 amide bonds. The van der Waals surface area contributed by atoms with Crippen LogP contribution >= 0.6 is 8.19 Å². The summed E-state index contributed by atoms with van der Waals surface area (Å²) in [4.78, 5) is 21.0. The Morgan fingerprint density at radius 3 is 2.47 bits per heavy atom. The molecule has 0 aliphatic heterocycles. The maximum absolute atomic E-state index is 11.9. The molecule has 0 aliphatic carbocycles. The van der Waals surface area contributed by atoms with Crippen molar-refractivity contribution >= 4 is 36.8 Å². The fourth-order valence-corrected chi connectivity index (χ4v) is 5.17. The fraction of sp³-hybridized carbons (Fsp3) is 0.120. The van der Waals surface area contributed by atoms with Gasteiger partial charge >= 0.3 is 0 Å². The second kappa shape index (κ2) is 8.65. The zero-order valence-electron chi connectivity index (χ0n) is 19.0. The van der Waals surface area contributed by atoms with Crippen molar-refractivity contribution in [2.45, 2.75) is 13.8 Å². The highest BCUT2D eigenvalue weighted by Crippen LogP contribution is 2.39. The molecule has 0 fully saturated rings. The number of benzene rings is 2. The van der Waals surface area contributed by atoms with Crippen LogP contribution in [0.25, 0.3) is 27.8 Å². The number of fused-ring (bicyclic) bond motifs is 1. The van der Waals surface area contributed by atoms with E-state index in [2.05, 4.69) is 20.4 Å². The van der Waals surface area contributed by atoms with E-state index in [1.54, 1.807) is 24.2 Å². The van der Waals surface area contributed by atoms with Crippen molar-refractivity contribution in [3.8, 4) is 22.6 Å². The van der Waals surface area contributed by atoms with Crippen LogP contribution in [0.2, 0.25) is 0 Å². The molecule has 1 atom stereocenters. The van der Waals surface area contributed by atoms with Crippen molar-refractivity contribution in [1.82, 2.24) is 19.7 Å². The molecular weight excluding hydrogens is 447 g/mol. The number of ether oxygens (including phenoxy) is 1. The van der Waals surface area contributed by atoms with E-state index in [1.165, 1.54) is 5.30 Å². The van der Waals surface area contributed by atoms with E-state index in [0.717, 1.165) is 39.2 Å². The Bertz CT molecular complexity index is 1500. The van der Waals surface area contributed by atoms with Gasteiger partial charge in [0.05, 0.1) is 29.7 Å². The summed E-state index contributed by atoms with van der Waals surface area (Å²) in [5.41, 5.74) is 11.1. The third-order valence-electron chi connectivity index (χ3n) is 5.80. The van der Waals surface area contributed by atoms with E-state index in [9.17, 15) is 4.79 Å². The van der Waals surface area contributed by atoms with E-state index in [0.29, 0.717) is 25.1 Å². The number of amides is 1. The van der Waals surface area contributed by atoms with Gasteiger partial charge in [-0.25, -0.2) is 9.67 Å². The standard InChI is InChI=1S/C25H23N6O2P/c1-14-15(2)34-22(23(26)32)21(14)16-4-6-18(7-5-16)29-25-27-12-17-13-28-31(24(17)30-25)19-8-10-20(33-3)11-9-19/h4-13,34H,1-3H3,(H2,26,32)(H,27,29,30). The van der Waals surface area contributed by atoms with Gasteiger partial charge in [-0.05, 0) is 66.7 Å². The molecule has 0 aliphatic rings. The van der Waals surface area contributed by atoms with Gasteiger partial charge in [0.2, 0.25) is 5.95 Å². The van der Waals surface area contributed by atoms with E-state index in [4.69, 9.17) is 10.5 Å². The number of nitrogens with zero attached hydrogens (tertiary/aromatic N) is 4. The van der Waals surface area contributed by atoms with Crippen molar-refractivity contribution in [2.24, 2.45) is 5.73 Å². The molecule has 5 aromatic rings. The smallest absolute Gasteiger partial charge is 0.253 e. The van der Waals surface area contributed by atoms with Gasteiger partial charge in [0.1, 0.15) is 5.75 Å². The first kappa shape index (κ1) is 21.7. The third kappa shape index (κ3) is 3.89. The molecule has 3 aromatic heterocycles. The molecule has 34 heavy (non-hydrogen) atoms. The highest BCUT2D eigenvalue weighted by Gasteiger charge is 2.17. The summed E-state index contributed by atoms with van der Waals surface area (Å²) in [6.45, 7) is 4.08. The average Bonchev–Trinajstić information content (AvgIpc) is 3.40. The van der Waals surface area contributed by atoms with Gasteiger partial charge in [-0.1, -0.05) is 12.1 Å². The highest BCUT2D eigenvalue weighted by atomic mass is 31.0. The molecule has 170 valence electrons. The topological polar surface area (TPSA) is 108 Å². The van der Waals surface area contributed by atoms with Crippen LogP contribution in [-0.2, 0) is 0 Å². The summed E-state index contributed by atoms with van der Waals surface area (Å²) in [5, 5.41) is 10.4. The molecule has 5 rings (SSSR count). The van der Waals surface area contributed by atoms with Crippen LogP contribution in [0.15, 0.2) is 60.9 Å². The van der Waals surface area contributed by atoms with Crippen molar-refractivity contribution in [3.05, 3.63) is 77.1 Å². The lowest BCUT2D eigenvalue weighted by atomic mass is 10.0. The van der Waals surface area contributed by atoms with Crippen molar-refractivity contribution in [2.75, 3.05) is 12.4 Å². The summed E-state index contributed by atoms with van der Waals surface area (Å²) < 4.78 is 7.00. The molecule has 3 heterocycles. The maximum Gasteiger partial charge on any atom is 0.253 e. The largest absolute Gasteiger partial charge is 0.497 e. The molecule has 0 saturated carbocycles. The molecule has 2 aromatic carbocycles. The number of hydrogen-bond acceptors (Lipinski definition) is 6. The Kier molecular flexibility index (Phi) is 5.51. The van der Waals surface area contributed by atoms with Gasteiger partial charge in [0, 0.05) is 17.4 Å². The first-order chi connectivity index (χ1) is 16.4.